The van der Waals surface area contributed by atoms with E-state index >= 15 is 0 Å². The average Bonchev–Trinajstić information content (AvgIpc) is 2.96. The van der Waals surface area contributed by atoms with Crippen LogP contribution in [0.1, 0.15) is 37.9 Å². The third-order valence-corrected chi connectivity index (χ3v) is 5.24. The monoisotopic (exact) mass is 282 g/mol. The molecule has 1 aromatic heterocycles. The summed E-state index contributed by atoms with van der Waals surface area (Å²) in [5.41, 5.74) is 0.496. The van der Waals surface area contributed by atoms with Gasteiger partial charge in [0.15, 0.2) is 0 Å². The van der Waals surface area contributed by atoms with Crippen LogP contribution in [0.3, 0.4) is 0 Å². The summed E-state index contributed by atoms with van der Waals surface area (Å²) in [6.45, 7) is 8.39. The summed E-state index contributed by atoms with van der Waals surface area (Å²) < 4.78 is 0. The molecule has 2 rings (SSSR count). The van der Waals surface area contributed by atoms with E-state index in [1.807, 2.05) is 13.8 Å². The Bertz CT molecular complexity index is 458. The largest absolute Gasteiger partial charge is 0.481 e. The van der Waals surface area contributed by atoms with Crippen molar-refractivity contribution in [1.82, 2.24) is 9.88 Å². The van der Waals surface area contributed by atoms with Gasteiger partial charge in [-0.15, -0.1) is 11.3 Å². The summed E-state index contributed by atoms with van der Waals surface area (Å²) in [6, 6.07) is 0. The van der Waals surface area contributed by atoms with Gasteiger partial charge in [0.05, 0.1) is 16.1 Å². The van der Waals surface area contributed by atoms with Gasteiger partial charge in [-0.1, -0.05) is 20.8 Å². The Kier molecular flexibility index (Phi) is 4.26. The molecule has 0 spiro atoms. The number of carboxylic acids is 1. The zero-order valence-electron chi connectivity index (χ0n) is 11.8. The minimum atomic E-state index is -0.655. The molecule has 19 heavy (non-hydrogen) atoms. The summed E-state index contributed by atoms with van der Waals surface area (Å²) in [5, 5.41) is 12.8. The molecule has 0 aromatic carbocycles. The van der Waals surface area contributed by atoms with E-state index in [1.54, 1.807) is 11.3 Å². The number of likely N-dealkylation sites (tertiary alicyclic amines) is 1. The van der Waals surface area contributed by atoms with E-state index < -0.39 is 11.4 Å². The molecule has 106 valence electrons. The van der Waals surface area contributed by atoms with Crippen molar-refractivity contribution in [1.29, 1.82) is 0 Å². The number of hydrogen-bond donors (Lipinski definition) is 1. The first-order chi connectivity index (χ1) is 8.98. The van der Waals surface area contributed by atoms with Crippen molar-refractivity contribution in [2.24, 2.45) is 11.3 Å². The predicted octanol–water partition coefficient (Wildman–Crippen LogP) is 2.64. The van der Waals surface area contributed by atoms with Gasteiger partial charge in [-0.2, -0.15) is 0 Å². The predicted molar refractivity (Wildman–Crippen MR) is 76.3 cm³/mol. The van der Waals surface area contributed by atoms with Crippen LogP contribution in [0.25, 0.3) is 0 Å². The van der Waals surface area contributed by atoms with E-state index in [9.17, 15) is 9.90 Å². The van der Waals surface area contributed by atoms with E-state index in [4.69, 9.17) is 0 Å². The van der Waals surface area contributed by atoms with Crippen molar-refractivity contribution >= 4 is 17.3 Å². The highest BCUT2D eigenvalue weighted by molar-refractivity contribution is 7.09. The van der Waals surface area contributed by atoms with Crippen LogP contribution in [0.5, 0.6) is 0 Å². The standard InChI is InChI=1S/C14H22N2O2S/c1-4-12-15-11(8-19-12)7-16-6-5-14(9-16,10(2)3)13(17)18/h8,10H,4-7,9H2,1-3H3,(H,17,18). The second kappa shape index (κ2) is 5.59. The van der Waals surface area contributed by atoms with E-state index in [-0.39, 0.29) is 5.92 Å². The maximum absolute atomic E-state index is 11.6. The number of rotatable bonds is 5. The van der Waals surface area contributed by atoms with Crippen molar-refractivity contribution in [3.63, 3.8) is 0 Å². The van der Waals surface area contributed by atoms with Gasteiger partial charge in [0.25, 0.3) is 0 Å². The number of aliphatic carboxylic acids is 1. The summed E-state index contributed by atoms with van der Waals surface area (Å²) >= 11 is 1.69. The minimum absolute atomic E-state index is 0.164. The van der Waals surface area contributed by atoms with Crippen LogP contribution in [0.2, 0.25) is 0 Å². The van der Waals surface area contributed by atoms with Crippen molar-refractivity contribution in [3.05, 3.63) is 16.1 Å². The molecule has 1 aliphatic heterocycles. The lowest BCUT2D eigenvalue weighted by Gasteiger charge is -2.28. The molecule has 1 N–H and O–H groups in total. The highest BCUT2D eigenvalue weighted by Gasteiger charge is 2.47. The zero-order chi connectivity index (χ0) is 14.0. The van der Waals surface area contributed by atoms with Gasteiger partial charge in [-0.3, -0.25) is 9.69 Å². The summed E-state index contributed by atoms with van der Waals surface area (Å²) in [4.78, 5) is 18.4. The first kappa shape index (κ1) is 14.5. The number of carbonyl (C=O) groups is 1. The van der Waals surface area contributed by atoms with E-state index in [1.165, 1.54) is 0 Å². The molecule has 2 heterocycles. The minimum Gasteiger partial charge on any atom is -0.481 e. The maximum Gasteiger partial charge on any atom is 0.311 e. The molecule has 0 amide bonds. The molecule has 0 bridgehead atoms. The van der Waals surface area contributed by atoms with Crippen LogP contribution in [-0.4, -0.2) is 34.0 Å². The van der Waals surface area contributed by atoms with Crippen LogP contribution in [-0.2, 0) is 17.8 Å². The van der Waals surface area contributed by atoms with Crippen LogP contribution >= 0.6 is 11.3 Å². The zero-order valence-corrected chi connectivity index (χ0v) is 12.7. The second-order valence-corrected chi connectivity index (χ2v) is 6.61. The van der Waals surface area contributed by atoms with E-state index in [0.717, 1.165) is 36.6 Å². The molecule has 1 fully saturated rings. The Morgan fingerprint density at radius 1 is 1.63 bits per heavy atom. The third-order valence-electron chi connectivity index (χ3n) is 4.20. The molecule has 0 radical (unpaired) electrons. The summed E-state index contributed by atoms with van der Waals surface area (Å²) in [7, 11) is 0. The molecule has 1 aromatic rings. The quantitative estimate of drug-likeness (QED) is 0.902. The second-order valence-electron chi connectivity index (χ2n) is 5.66. The Balaban J connectivity index is 2.03. The topological polar surface area (TPSA) is 53.4 Å². The number of carboxylic acid groups (broad SMARTS) is 1. The van der Waals surface area contributed by atoms with Gasteiger partial charge in [0.2, 0.25) is 0 Å². The fourth-order valence-corrected chi connectivity index (χ4v) is 3.49. The molecule has 1 saturated heterocycles. The fourth-order valence-electron chi connectivity index (χ4n) is 2.76. The number of hydrogen-bond acceptors (Lipinski definition) is 4. The molecule has 1 atom stereocenters. The lowest BCUT2D eigenvalue weighted by atomic mass is 9.76. The Labute approximate surface area is 118 Å². The molecule has 4 nitrogen and oxygen atoms in total. The van der Waals surface area contributed by atoms with Gasteiger partial charge in [0, 0.05) is 18.5 Å². The normalized spacial score (nSPS) is 24.2. The van der Waals surface area contributed by atoms with Gasteiger partial charge in [-0.05, 0) is 25.3 Å². The SMILES string of the molecule is CCc1nc(CN2CCC(C(=O)O)(C(C)C)C2)cs1. The smallest absolute Gasteiger partial charge is 0.311 e. The van der Waals surface area contributed by atoms with Crippen LogP contribution in [0.15, 0.2) is 5.38 Å². The molecule has 1 unspecified atom stereocenters. The van der Waals surface area contributed by atoms with Crippen LogP contribution in [0.4, 0.5) is 0 Å². The first-order valence-electron chi connectivity index (χ1n) is 6.87. The lowest BCUT2D eigenvalue weighted by Crippen LogP contribution is -2.39. The van der Waals surface area contributed by atoms with Crippen molar-refractivity contribution < 1.29 is 9.90 Å². The molecule has 0 saturated carbocycles. The summed E-state index contributed by atoms with van der Waals surface area (Å²) in [5.74, 6) is -0.492. The first-order valence-corrected chi connectivity index (χ1v) is 7.75. The van der Waals surface area contributed by atoms with Gasteiger partial charge in [0.1, 0.15) is 0 Å². The van der Waals surface area contributed by atoms with Crippen molar-refractivity contribution in [2.45, 2.75) is 40.2 Å². The van der Waals surface area contributed by atoms with Crippen LogP contribution in [0, 0.1) is 11.3 Å². The van der Waals surface area contributed by atoms with E-state index in [0.29, 0.717) is 6.54 Å². The molecular weight excluding hydrogens is 260 g/mol. The van der Waals surface area contributed by atoms with Crippen molar-refractivity contribution in [2.75, 3.05) is 13.1 Å². The summed E-state index contributed by atoms with van der Waals surface area (Å²) in [6.07, 6.45) is 1.71. The number of thiazole rings is 1. The molecule has 5 heteroatoms. The van der Waals surface area contributed by atoms with Gasteiger partial charge < -0.3 is 5.11 Å². The molecule has 0 aliphatic carbocycles. The highest BCUT2D eigenvalue weighted by atomic mass is 32.1. The number of aromatic nitrogens is 1. The lowest BCUT2D eigenvalue weighted by molar-refractivity contribution is -0.151. The molecule has 1 aliphatic rings. The van der Waals surface area contributed by atoms with Gasteiger partial charge in [-0.25, -0.2) is 4.98 Å². The Hall–Kier alpha value is -0.940. The number of aryl methyl sites for hydroxylation is 1. The van der Waals surface area contributed by atoms with Gasteiger partial charge >= 0.3 is 5.97 Å². The van der Waals surface area contributed by atoms with Crippen LogP contribution < -0.4 is 0 Å². The van der Waals surface area contributed by atoms with E-state index in [2.05, 4.69) is 22.2 Å². The third kappa shape index (κ3) is 2.82. The Morgan fingerprint density at radius 2 is 2.37 bits per heavy atom. The average molecular weight is 282 g/mol. The Morgan fingerprint density at radius 3 is 2.84 bits per heavy atom. The van der Waals surface area contributed by atoms with Crippen molar-refractivity contribution in [3.8, 4) is 0 Å². The fraction of sp³-hybridized carbons (Fsp3) is 0.714. The maximum atomic E-state index is 11.6. The highest BCUT2D eigenvalue weighted by Crippen LogP contribution is 2.38. The number of nitrogens with zero attached hydrogens (tertiary/aromatic N) is 2. The molecular formula is C14H22N2O2S.